The maximum Gasteiger partial charge on any atom is 0.338 e. The molecule has 0 aliphatic heterocycles. The fourth-order valence-electron chi connectivity index (χ4n) is 2.40. The van der Waals surface area contributed by atoms with Crippen LogP contribution >= 0.6 is 0 Å². The van der Waals surface area contributed by atoms with Crippen LogP contribution in [0.3, 0.4) is 0 Å². The van der Waals surface area contributed by atoms with Crippen molar-refractivity contribution in [2.75, 3.05) is 7.11 Å². The predicted octanol–water partition coefficient (Wildman–Crippen LogP) is 2.16. The molecule has 2 aromatic carbocycles. The number of benzene rings is 2. The number of ether oxygens (including phenoxy) is 1. The number of aromatic nitrogens is 2. The Morgan fingerprint density at radius 2 is 1.86 bits per heavy atom. The second kappa shape index (κ2) is 5.28. The van der Waals surface area contributed by atoms with Gasteiger partial charge in [-0.05, 0) is 23.8 Å². The zero-order valence-corrected chi connectivity index (χ0v) is 11.5. The fraction of sp³-hybridized carbons (Fsp3) is 0.125. The van der Waals surface area contributed by atoms with Crippen LogP contribution in [0, 0.1) is 0 Å². The molecule has 0 saturated heterocycles. The molecule has 106 valence electrons. The topological polar surface area (TPSA) is 64.1 Å². The van der Waals surface area contributed by atoms with Crippen LogP contribution in [0.15, 0.2) is 53.3 Å². The summed E-state index contributed by atoms with van der Waals surface area (Å²) in [6, 6.07) is 14.6. The van der Waals surface area contributed by atoms with E-state index >= 15 is 0 Å². The Labute approximate surface area is 120 Å². The Balaban J connectivity index is 2.09. The molecule has 1 heterocycles. The number of aromatic amines is 1. The molecule has 0 radical (unpaired) electrons. The molecule has 0 spiro atoms. The molecule has 0 amide bonds. The summed E-state index contributed by atoms with van der Waals surface area (Å²) >= 11 is 0. The number of methoxy groups -OCH3 is 1. The average molecular weight is 282 g/mol. The van der Waals surface area contributed by atoms with E-state index in [1.807, 2.05) is 36.4 Å². The maximum atomic E-state index is 12.1. The van der Waals surface area contributed by atoms with Crippen LogP contribution in [-0.4, -0.2) is 22.6 Å². The highest BCUT2D eigenvalue weighted by atomic mass is 16.5. The van der Waals surface area contributed by atoms with Crippen LogP contribution in [0.5, 0.6) is 0 Å². The second-order valence-corrected chi connectivity index (χ2v) is 4.68. The molecule has 0 bridgehead atoms. The van der Waals surface area contributed by atoms with E-state index in [4.69, 9.17) is 4.74 Å². The van der Waals surface area contributed by atoms with Gasteiger partial charge < -0.3 is 9.72 Å². The highest BCUT2D eigenvalue weighted by molar-refractivity contribution is 5.91. The van der Waals surface area contributed by atoms with Crippen molar-refractivity contribution in [3.05, 3.63) is 70.1 Å². The summed E-state index contributed by atoms with van der Waals surface area (Å²) in [5.41, 5.74) is 2.60. The van der Waals surface area contributed by atoms with Gasteiger partial charge in [0.15, 0.2) is 0 Å². The Kier molecular flexibility index (Phi) is 3.31. The van der Waals surface area contributed by atoms with Gasteiger partial charge in [0.25, 0.3) is 0 Å². The quantitative estimate of drug-likeness (QED) is 0.749. The van der Waals surface area contributed by atoms with Gasteiger partial charge in [-0.25, -0.2) is 9.59 Å². The molecular weight excluding hydrogens is 268 g/mol. The van der Waals surface area contributed by atoms with Crippen molar-refractivity contribution in [3.8, 4) is 0 Å². The van der Waals surface area contributed by atoms with E-state index in [0.29, 0.717) is 12.1 Å². The molecule has 5 heteroatoms. The average Bonchev–Trinajstić information content (AvgIpc) is 2.83. The molecule has 3 aromatic rings. The molecule has 1 aromatic heterocycles. The zero-order chi connectivity index (χ0) is 14.8. The third-order valence-corrected chi connectivity index (χ3v) is 3.43. The largest absolute Gasteiger partial charge is 0.465 e. The summed E-state index contributed by atoms with van der Waals surface area (Å²) in [5.74, 6) is -0.404. The summed E-state index contributed by atoms with van der Waals surface area (Å²) in [6.07, 6.45) is 0. The van der Waals surface area contributed by atoms with E-state index < -0.39 is 5.97 Å². The number of rotatable bonds is 3. The number of esters is 1. The number of carbonyl (C=O) groups excluding carboxylic acids is 1. The molecule has 21 heavy (non-hydrogen) atoms. The molecule has 0 saturated carbocycles. The highest BCUT2D eigenvalue weighted by Gasteiger charge is 2.13. The van der Waals surface area contributed by atoms with Gasteiger partial charge in [0, 0.05) is 0 Å². The number of fused-ring (bicyclic) bond motifs is 1. The van der Waals surface area contributed by atoms with Gasteiger partial charge in [0.1, 0.15) is 0 Å². The van der Waals surface area contributed by atoms with Gasteiger partial charge in [-0.15, -0.1) is 0 Å². The van der Waals surface area contributed by atoms with Crippen molar-refractivity contribution in [1.29, 1.82) is 0 Å². The Hall–Kier alpha value is -2.82. The number of hydrogen-bond donors (Lipinski definition) is 1. The Bertz CT molecular complexity index is 861. The summed E-state index contributed by atoms with van der Waals surface area (Å²) in [6.45, 7) is 0.314. The van der Waals surface area contributed by atoms with Crippen LogP contribution < -0.4 is 5.69 Å². The molecule has 3 rings (SSSR count). The third kappa shape index (κ3) is 2.33. The first-order valence-electron chi connectivity index (χ1n) is 6.54. The van der Waals surface area contributed by atoms with Crippen molar-refractivity contribution in [2.45, 2.75) is 6.54 Å². The highest BCUT2D eigenvalue weighted by Crippen LogP contribution is 2.15. The van der Waals surface area contributed by atoms with Crippen LogP contribution in [0.1, 0.15) is 15.9 Å². The second-order valence-electron chi connectivity index (χ2n) is 4.68. The molecule has 0 fully saturated rings. The first kappa shape index (κ1) is 13.2. The van der Waals surface area contributed by atoms with Crippen LogP contribution in [0.4, 0.5) is 0 Å². The zero-order valence-electron chi connectivity index (χ0n) is 11.5. The minimum Gasteiger partial charge on any atom is -0.465 e. The first-order valence-corrected chi connectivity index (χ1v) is 6.54. The Morgan fingerprint density at radius 1 is 1.14 bits per heavy atom. The van der Waals surface area contributed by atoms with Gasteiger partial charge in [-0.2, -0.15) is 0 Å². The van der Waals surface area contributed by atoms with Gasteiger partial charge in [-0.3, -0.25) is 4.57 Å². The number of para-hydroxylation sites is 2. The summed E-state index contributed by atoms with van der Waals surface area (Å²) in [7, 11) is 1.34. The fourth-order valence-corrected chi connectivity index (χ4v) is 2.40. The first-order chi connectivity index (χ1) is 10.2. The van der Waals surface area contributed by atoms with Crippen molar-refractivity contribution in [3.63, 3.8) is 0 Å². The molecule has 0 atom stereocenters. The lowest BCUT2D eigenvalue weighted by Crippen LogP contribution is -2.19. The van der Waals surface area contributed by atoms with E-state index in [9.17, 15) is 9.59 Å². The van der Waals surface area contributed by atoms with Crippen LogP contribution in [-0.2, 0) is 11.3 Å². The van der Waals surface area contributed by atoms with Gasteiger partial charge in [0.05, 0.1) is 30.3 Å². The van der Waals surface area contributed by atoms with E-state index in [0.717, 1.165) is 16.6 Å². The van der Waals surface area contributed by atoms with Gasteiger partial charge >= 0.3 is 11.7 Å². The number of hydrogen-bond acceptors (Lipinski definition) is 3. The molecular formula is C16H14N2O3. The van der Waals surface area contributed by atoms with Crippen molar-refractivity contribution < 1.29 is 9.53 Å². The lowest BCUT2D eigenvalue weighted by molar-refractivity contribution is 0.0599. The molecule has 0 unspecified atom stereocenters. The smallest absolute Gasteiger partial charge is 0.338 e. The standard InChI is InChI=1S/C16H14N2O3/c1-21-15(19)12-7-3-2-6-11(12)10-18-14-9-5-4-8-13(14)17-16(18)20/h2-9H,10H2,1H3,(H,17,20). The molecule has 0 aliphatic carbocycles. The Morgan fingerprint density at radius 3 is 2.67 bits per heavy atom. The number of nitrogens with one attached hydrogen (secondary N) is 1. The van der Waals surface area contributed by atoms with Crippen LogP contribution in [0.2, 0.25) is 0 Å². The van der Waals surface area contributed by atoms with Crippen molar-refractivity contribution in [2.24, 2.45) is 0 Å². The molecule has 5 nitrogen and oxygen atoms in total. The van der Waals surface area contributed by atoms with Gasteiger partial charge in [-0.1, -0.05) is 30.3 Å². The SMILES string of the molecule is COC(=O)c1ccccc1Cn1c(=O)[nH]c2ccccc21. The number of carbonyl (C=O) groups is 1. The van der Waals surface area contributed by atoms with Crippen LogP contribution in [0.25, 0.3) is 11.0 Å². The van der Waals surface area contributed by atoms with E-state index in [-0.39, 0.29) is 5.69 Å². The minimum absolute atomic E-state index is 0.198. The lowest BCUT2D eigenvalue weighted by Gasteiger charge is -2.08. The number of imidazole rings is 1. The predicted molar refractivity (Wildman–Crippen MR) is 79.4 cm³/mol. The van der Waals surface area contributed by atoms with E-state index in [2.05, 4.69) is 4.98 Å². The van der Waals surface area contributed by atoms with Crippen molar-refractivity contribution in [1.82, 2.24) is 9.55 Å². The molecule has 0 aliphatic rings. The van der Waals surface area contributed by atoms with E-state index in [1.54, 1.807) is 16.7 Å². The number of nitrogens with zero attached hydrogens (tertiary/aromatic N) is 1. The van der Waals surface area contributed by atoms with E-state index in [1.165, 1.54) is 7.11 Å². The summed E-state index contributed by atoms with van der Waals surface area (Å²) in [4.78, 5) is 26.7. The minimum atomic E-state index is -0.404. The normalized spacial score (nSPS) is 10.7. The maximum absolute atomic E-state index is 12.1. The molecule has 1 N–H and O–H groups in total. The lowest BCUT2D eigenvalue weighted by atomic mass is 10.1. The summed E-state index contributed by atoms with van der Waals surface area (Å²) in [5, 5.41) is 0. The third-order valence-electron chi connectivity index (χ3n) is 3.43. The summed E-state index contributed by atoms with van der Waals surface area (Å²) < 4.78 is 6.39. The monoisotopic (exact) mass is 282 g/mol. The van der Waals surface area contributed by atoms with Gasteiger partial charge in [0.2, 0.25) is 0 Å². The van der Waals surface area contributed by atoms with Crippen molar-refractivity contribution >= 4 is 17.0 Å². The number of H-pyrrole nitrogens is 1.